The van der Waals surface area contributed by atoms with Gasteiger partial charge in [0.2, 0.25) is 5.91 Å². The minimum absolute atomic E-state index is 0.219. The summed E-state index contributed by atoms with van der Waals surface area (Å²) in [6.07, 6.45) is 1.06. The predicted octanol–water partition coefficient (Wildman–Crippen LogP) is 3.05. The summed E-state index contributed by atoms with van der Waals surface area (Å²) >= 11 is 0. The van der Waals surface area contributed by atoms with Crippen LogP contribution in [0.1, 0.15) is 37.7 Å². The maximum atomic E-state index is 13.0. The number of fused-ring (bicyclic) bond motifs is 1. The van der Waals surface area contributed by atoms with Crippen LogP contribution in [-0.4, -0.2) is 27.9 Å². The highest BCUT2D eigenvalue weighted by Gasteiger charge is 2.26. The molecule has 3 amide bonds. The number of primary amides is 1. The molecule has 5 N–H and O–H groups in total. The number of aromatic amines is 1. The van der Waals surface area contributed by atoms with Gasteiger partial charge in [0.25, 0.3) is 0 Å². The van der Waals surface area contributed by atoms with Crippen LogP contribution in [0.4, 0.5) is 4.79 Å². The van der Waals surface area contributed by atoms with E-state index in [1.807, 2.05) is 68.4 Å². The van der Waals surface area contributed by atoms with E-state index < -0.39 is 12.1 Å². The molecule has 0 saturated heterocycles. The lowest BCUT2D eigenvalue weighted by atomic mass is 10.0. The highest BCUT2D eigenvalue weighted by atomic mass is 16.2. The van der Waals surface area contributed by atoms with E-state index in [-0.39, 0.29) is 17.9 Å². The van der Waals surface area contributed by atoms with Crippen LogP contribution in [0.5, 0.6) is 0 Å². The Morgan fingerprint density at radius 2 is 1.72 bits per heavy atom. The number of urea groups is 1. The highest BCUT2D eigenvalue weighted by Crippen LogP contribution is 2.20. The maximum absolute atomic E-state index is 13.0. The van der Waals surface area contributed by atoms with Crippen LogP contribution in [0.2, 0.25) is 0 Å². The predicted molar refractivity (Wildman–Crippen MR) is 113 cm³/mol. The summed E-state index contributed by atoms with van der Waals surface area (Å²) in [5, 5.41) is 5.61. The van der Waals surface area contributed by atoms with Crippen molar-refractivity contribution in [1.29, 1.82) is 0 Å². The van der Waals surface area contributed by atoms with Crippen molar-refractivity contribution in [2.24, 2.45) is 11.7 Å². The number of nitrogens with zero attached hydrogens (tertiary/aromatic N) is 1. The Bertz CT molecular complexity index is 935. The summed E-state index contributed by atoms with van der Waals surface area (Å²) in [6.45, 7) is 3.98. The van der Waals surface area contributed by atoms with Crippen LogP contribution in [0.3, 0.4) is 0 Å². The number of carbonyl (C=O) groups is 2. The third-order valence-corrected chi connectivity index (χ3v) is 4.68. The Balaban J connectivity index is 1.87. The van der Waals surface area contributed by atoms with E-state index in [2.05, 4.69) is 20.6 Å². The smallest absolute Gasteiger partial charge is 0.312 e. The molecule has 2 atom stereocenters. The second-order valence-corrected chi connectivity index (χ2v) is 7.58. The number of hydrogen-bond acceptors (Lipinski definition) is 3. The molecular weight excluding hydrogens is 366 g/mol. The Morgan fingerprint density at radius 1 is 1.03 bits per heavy atom. The number of H-pyrrole nitrogens is 1. The van der Waals surface area contributed by atoms with Crippen LogP contribution in [0.15, 0.2) is 54.6 Å². The Morgan fingerprint density at radius 3 is 2.38 bits per heavy atom. The van der Waals surface area contributed by atoms with Gasteiger partial charge >= 0.3 is 6.03 Å². The fourth-order valence-electron chi connectivity index (χ4n) is 3.35. The van der Waals surface area contributed by atoms with Crippen molar-refractivity contribution in [2.75, 3.05) is 0 Å². The summed E-state index contributed by atoms with van der Waals surface area (Å²) in [7, 11) is 0. The van der Waals surface area contributed by atoms with Gasteiger partial charge in [-0.25, -0.2) is 9.78 Å². The molecule has 0 bridgehead atoms. The molecule has 0 saturated carbocycles. The number of para-hydroxylation sites is 2. The summed E-state index contributed by atoms with van der Waals surface area (Å²) in [6, 6.07) is 15.8. The summed E-state index contributed by atoms with van der Waals surface area (Å²) in [4.78, 5) is 32.3. The van der Waals surface area contributed by atoms with Gasteiger partial charge in [-0.2, -0.15) is 0 Å². The van der Waals surface area contributed by atoms with Crippen LogP contribution >= 0.6 is 0 Å². The molecule has 3 aromatic rings. The number of benzene rings is 2. The van der Waals surface area contributed by atoms with Gasteiger partial charge in [0.1, 0.15) is 11.9 Å². The van der Waals surface area contributed by atoms with Crippen molar-refractivity contribution in [2.45, 2.75) is 38.8 Å². The van der Waals surface area contributed by atoms with Gasteiger partial charge in [-0.15, -0.1) is 0 Å². The van der Waals surface area contributed by atoms with Gasteiger partial charge in [-0.3, -0.25) is 4.79 Å². The average molecular weight is 393 g/mol. The van der Waals surface area contributed by atoms with E-state index in [9.17, 15) is 9.59 Å². The molecule has 0 fully saturated rings. The topological polar surface area (TPSA) is 113 Å². The number of hydrogen-bond donors (Lipinski definition) is 4. The number of imidazole rings is 1. The molecule has 0 spiro atoms. The number of nitrogens with two attached hydrogens (primary N) is 1. The van der Waals surface area contributed by atoms with Gasteiger partial charge in [0.05, 0.1) is 17.1 Å². The van der Waals surface area contributed by atoms with Gasteiger partial charge in [0.15, 0.2) is 0 Å². The largest absolute Gasteiger partial charge is 0.352 e. The molecule has 29 heavy (non-hydrogen) atoms. The van der Waals surface area contributed by atoms with Crippen LogP contribution < -0.4 is 16.4 Å². The van der Waals surface area contributed by atoms with Crippen molar-refractivity contribution in [1.82, 2.24) is 20.6 Å². The Labute approximate surface area is 170 Å². The molecule has 0 aliphatic rings. The molecular formula is C22H27N5O2. The minimum Gasteiger partial charge on any atom is -0.352 e. The standard InChI is InChI=1S/C22H27N5O2/c1-14(2)12-19(27-22(23)29)21(28)26-18(13-15-8-4-3-5-9-15)20-24-16-10-6-7-11-17(16)25-20/h3-11,14,18-19H,12-13H2,1-2H3,(H,24,25)(H,26,28)(H3,23,27,29)/t18-,19-/m0/s1. The second kappa shape index (κ2) is 9.23. The molecule has 152 valence electrons. The summed E-state index contributed by atoms with van der Waals surface area (Å²) in [5.74, 6) is 0.612. The van der Waals surface area contributed by atoms with Crippen LogP contribution in [-0.2, 0) is 11.2 Å². The molecule has 0 aliphatic carbocycles. The lowest BCUT2D eigenvalue weighted by Gasteiger charge is -2.23. The molecule has 7 nitrogen and oxygen atoms in total. The van der Waals surface area contributed by atoms with Crippen molar-refractivity contribution in [3.05, 3.63) is 66.0 Å². The zero-order chi connectivity index (χ0) is 20.8. The quantitative estimate of drug-likeness (QED) is 0.472. The van der Waals surface area contributed by atoms with E-state index in [1.165, 1.54) is 0 Å². The van der Waals surface area contributed by atoms with E-state index in [0.717, 1.165) is 16.6 Å². The number of nitrogens with one attached hydrogen (secondary N) is 3. The summed E-state index contributed by atoms with van der Waals surface area (Å²) in [5.41, 5.74) is 8.09. The van der Waals surface area contributed by atoms with E-state index in [4.69, 9.17) is 5.73 Å². The van der Waals surface area contributed by atoms with Gasteiger partial charge in [-0.05, 0) is 36.5 Å². The van der Waals surface area contributed by atoms with Crippen molar-refractivity contribution >= 4 is 23.0 Å². The fraction of sp³-hybridized carbons (Fsp3) is 0.318. The normalized spacial score (nSPS) is 13.2. The molecule has 1 aromatic heterocycles. The van der Waals surface area contributed by atoms with Crippen molar-refractivity contribution < 1.29 is 9.59 Å². The Hall–Kier alpha value is -3.35. The van der Waals surface area contributed by atoms with Crippen LogP contribution in [0, 0.1) is 5.92 Å². The molecule has 0 aliphatic heterocycles. The molecule has 2 aromatic carbocycles. The van der Waals surface area contributed by atoms with Crippen molar-refractivity contribution in [3.8, 4) is 0 Å². The van der Waals surface area contributed by atoms with Gasteiger partial charge < -0.3 is 21.4 Å². The maximum Gasteiger partial charge on any atom is 0.312 e. The van der Waals surface area contributed by atoms with Crippen LogP contribution in [0.25, 0.3) is 11.0 Å². The number of aromatic nitrogens is 2. The fourth-order valence-corrected chi connectivity index (χ4v) is 3.35. The zero-order valence-corrected chi connectivity index (χ0v) is 16.7. The number of carbonyl (C=O) groups excluding carboxylic acids is 2. The number of amides is 3. The molecule has 7 heteroatoms. The molecule has 0 radical (unpaired) electrons. The molecule has 0 unspecified atom stereocenters. The first-order valence-electron chi connectivity index (χ1n) is 9.77. The average Bonchev–Trinajstić information content (AvgIpc) is 3.11. The first-order valence-corrected chi connectivity index (χ1v) is 9.77. The highest BCUT2D eigenvalue weighted by molar-refractivity contribution is 5.87. The molecule has 3 rings (SSSR count). The monoisotopic (exact) mass is 393 g/mol. The summed E-state index contributed by atoms with van der Waals surface area (Å²) < 4.78 is 0. The second-order valence-electron chi connectivity index (χ2n) is 7.58. The van der Waals surface area contributed by atoms with E-state index in [1.54, 1.807) is 0 Å². The minimum atomic E-state index is -0.714. The first kappa shape index (κ1) is 20.4. The lowest BCUT2D eigenvalue weighted by Crippen LogP contribution is -2.50. The SMILES string of the molecule is CC(C)C[C@H](NC(N)=O)C(=O)N[C@@H](Cc1ccccc1)c1nc2ccccc2[nH]1. The first-order chi connectivity index (χ1) is 13.9. The molecule has 1 heterocycles. The van der Waals surface area contributed by atoms with Gasteiger partial charge in [-0.1, -0.05) is 56.3 Å². The van der Waals surface area contributed by atoms with Gasteiger partial charge in [0, 0.05) is 0 Å². The lowest BCUT2D eigenvalue weighted by molar-refractivity contribution is -0.124. The Kier molecular flexibility index (Phi) is 6.49. The van der Waals surface area contributed by atoms with E-state index >= 15 is 0 Å². The third-order valence-electron chi connectivity index (χ3n) is 4.68. The van der Waals surface area contributed by atoms with E-state index in [0.29, 0.717) is 18.7 Å². The third kappa shape index (κ3) is 5.57. The zero-order valence-electron chi connectivity index (χ0n) is 16.7. The number of rotatable bonds is 8. The van der Waals surface area contributed by atoms with Crippen molar-refractivity contribution in [3.63, 3.8) is 0 Å².